The molecule has 0 unspecified atom stereocenters. The van der Waals surface area contributed by atoms with Gasteiger partial charge >= 0.3 is 0 Å². The number of hydrogen-bond acceptors (Lipinski definition) is 5. The zero-order chi connectivity index (χ0) is 19.9. The Balaban J connectivity index is 1.40. The number of furan rings is 1. The highest BCUT2D eigenvalue weighted by Crippen LogP contribution is 2.66. The number of nitrogens with zero attached hydrogens (tertiary/aromatic N) is 2. The highest BCUT2D eigenvalue weighted by molar-refractivity contribution is 6.33. The predicted molar refractivity (Wildman–Crippen MR) is 105 cm³/mol. The molecule has 2 aromatic rings. The number of non-ortho nitro benzene ring substituents is 1. The summed E-state index contributed by atoms with van der Waals surface area (Å²) in [5.41, 5.74) is 3.23. The van der Waals surface area contributed by atoms with E-state index in [-0.39, 0.29) is 28.0 Å². The van der Waals surface area contributed by atoms with Gasteiger partial charge in [0.1, 0.15) is 11.5 Å². The van der Waals surface area contributed by atoms with E-state index in [1.54, 1.807) is 12.1 Å². The number of fused-ring (bicyclic) bond motifs is 1. The van der Waals surface area contributed by atoms with Crippen LogP contribution < -0.4 is 5.43 Å². The number of carbonyl (C=O) groups is 1. The molecule has 1 aromatic heterocycles. The minimum absolute atomic E-state index is 0.0316. The van der Waals surface area contributed by atoms with E-state index in [4.69, 9.17) is 16.0 Å². The number of nitro benzene ring substituents is 1. The van der Waals surface area contributed by atoms with Gasteiger partial charge in [0.05, 0.1) is 16.2 Å². The highest BCUT2D eigenvalue weighted by Gasteiger charge is 2.64. The smallest absolute Gasteiger partial charge is 0.270 e. The lowest BCUT2D eigenvalue weighted by molar-refractivity contribution is -0.384. The second-order valence-corrected chi connectivity index (χ2v) is 8.10. The van der Waals surface area contributed by atoms with E-state index in [0.29, 0.717) is 23.0 Å². The first kappa shape index (κ1) is 18.7. The molecule has 2 fully saturated rings. The summed E-state index contributed by atoms with van der Waals surface area (Å²) in [5.74, 6) is 1.42. The van der Waals surface area contributed by atoms with Gasteiger partial charge in [0.2, 0.25) is 5.91 Å². The topological polar surface area (TPSA) is 97.7 Å². The van der Waals surface area contributed by atoms with Gasteiger partial charge in [0, 0.05) is 23.6 Å². The molecule has 4 rings (SSSR count). The largest absolute Gasteiger partial charge is 0.455 e. The second-order valence-electron chi connectivity index (χ2n) is 7.69. The molecule has 1 heterocycles. The summed E-state index contributed by atoms with van der Waals surface area (Å²) in [6, 6.07) is 7.58. The summed E-state index contributed by atoms with van der Waals surface area (Å²) < 4.78 is 5.67. The van der Waals surface area contributed by atoms with E-state index in [2.05, 4.69) is 17.5 Å². The number of nitrogens with one attached hydrogen (secondary N) is 1. The fraction of sp³-hybridized carbons (Fsp3) is 0.400. The van der Waals surface area contributed by atoms with Crippen LogP contribution in [-0.4, -0.2) is 17.0 Å². The first-order valence-electron chi connectivity index (χ1n) is 9.27. The van der Waals surface area contributed by atoms with Crippen molar-refractivity contribution < 1.29 is 14.1 Å². The maximum Gasteiger partial charge on any atom is 0.270 e. The number of hydrogen-bond donors (Lipinski definition) is 1. The van der Waals surface area contributed by atoms with Gasteiger partial charge in [0.15, 0.2) is 0 Å². The first-order valence-corrected chi connectivity index (χ1v) is 9.65. The quantitative estimate of drug-likeness (QED) is 0.442. The fourth-order valence-corrected chi connectivity index (χ4v) is 4.73. The summed E-state index contributed by atoms with van der Waals surface area (Å²) in [5, 5.41) is 15.0. The van der Waals surface area contributed by atoms with Crippen LogP contribution in [0.1, 0.15) is 38.4 Å². The normalized spacial score (nSPS) is 26.1. The van der Waals surface area contributed by atoms with Crippen molar-refractivity contribution in [3.63, 3.8) is 0 Å². The maximum absolute atomic E-state index is 12.4. The Morgan fingerprint density at radius 2 is 2.21 bits per heavy atom. The van der Waals surface area contributed by atoms with Crippen molar-refractivity contribution in [1.82, 2.24) is 5.43 Å². The summed E-state index contributed by atoms with van der Waals surface area (Å²) in [7, 11) is 0. The Morgan fingerprint density at radius 1 is 1.39 bits per heavy atom. The molecular weight excluding hydrogens is 382 g/mol. The van der Waals surface area contributed by atoms with E-state index in [1.165, 1.54) is 37.3 Å². The molecule has 1 amide bonds. The molecule has 0 bridgehead atoms. The SMILES string of the molecule is C[C@]12CCCC[C@@H]1[C@H]2C(=O)N/N=C\c1ccc(-c2ccc([N+](=O)[O-])cc2Cl)o1. The van der Waals surface area contributed by atoms with Crippen molar-refractivity contribution >= 4 is 29.4 Å². The molecule has 0 radical (unpaired) electrons. The Bertz CT molecular complexity index is 970. The average molecular weight is 402 g/mol. The Hall–Kier alpha value is -2.67. The van der Waals surface area contributed by atoms with Crippen molar-refractivity contribution in [3.05, 3.63) is 51.2 Å². The van der Waals surface area contributed by atoms with Crippen LogP contribution >= 0.6 is 11.6 Å². The third-order valence-electron chi connectivity index (χ3n) is 6.04. The van der Waals surface area contributed by atoms with E-state index in [0.717, 1.165) is 12.8 Å². The number of carbonyl (C=O) groups excluding carboxylic acids is 1. The summed E-state index contributed by atoms with van der Waals surface area (Å²) in [6.07, 6.45) is 6.07. The summed E-state index contributed by atoms with van der Waals surface area (Å²) in [4.78, 5) is 22.7. The van der Waals surface area contributed by atoms with Gasteiger partial charge in [0.25, 0.3) is 5.69 Å². The van der Waals surface area contributed by atoms with Crippen molar-refractivity contribution in [3.8, 4) is 11.3 Å². The molecule has 28 heavy (non-hydrogen) atoms. The minimum atomic E-state index is -0.505. The van der Waals surface area contributed by atoms with Gasteiger partial charge in [-0.05, 0) is 42.4 Å². The molecule has 146 valence electrons. The van der Waals surface area contributed by atoms with Crippen LogP contribution in [0.5, 0.6) is 0 Å². The number of hydrazone groups is 1. The third kappa shape index (κ3) is 3.30. The lowest BCUT2D eigenvalue weighted by Crippen LogP contribution is -2.22. The lowest BCUT2D eigenvalue weighted by Gasteiger charge is -2.15. The van der Waals surface area contributed by atoms with Crippen molar-refractivity contribution in [1.29, 1.82) is 0 Å². The van der Waals surface area contributed by atoms with E-state index in [9.17, 15) is 14.9 Å². The second kappa shape index (κ2) is 7.05. The maximum atomic E-state index is 12.4. The Morgan fingerprint density at radius 3 is 2.89 bits per heavy atom. The molecule has 0 saturated heterocycles. The fourth-order valence-electron chi connectivity index (χ4n) is 4.46. The van der Waals surface area contributed by atoms with Gasteiger partial charge in [-0.1, -0.05) is 31.4 Å². The van der Waals surface area contributed by atoms with Crippen LogP contribution in [0.3, 0.4) is 0 Å². The summed E-state index contributed by atoms with van der Waals surface area (Å²) in [6.45, 7) is 2.19. The molecule has 2 saturated carbocycles. The first-order chi connectivity index (χ1) is 13.4. The van der Waals surface area contributed by atoms with Gasteiger partial charge < -0.3 is 4.42 Å². The number of rotatable bonds is 5. The molecule has 0 aliphatic heterocycles. The Kier molecular flexibility index (Phi) is 4.71. The molecular formula is C20H20ClN3O4. The molecule has 2 aliphatic carbocycles. The van der Waals surface area contributed by atoms with Crippen molar-refractivity contribution in [2.24, 2.45) is 22.4 Å². The van der Waals surface area contributed by atoms with E-state index in [1.807, 2.05) is 0 Å². The van der Waals surface area contributed by atoms with Crippen molar-refractivity contribution in [2.45, 2.75) is 32.6 Å². The molecule has 7 nitrogen and oxygen atoms in total. The molecule has 3 atom stereocenters. The number of benzene rings is 1. The monoisotopic (exact) mass is 401 g/mol. The summed E-state index contributed by atoms with van der Waals surface area (Å²) >= 11 is 6.12. The van der Waals surface area contributed by atoms with Gasteiger partial charge in [-0.25, -0.2) is 5.43 Å². The van der Waals surface area contributed by atoms with Crippen LogP contribution in [0.15, 0.2) is 39.9 Å². The lowest BCUT2D eigenvalue weighted by atomic mass is 9.90. The predicted octanol–water partition coefficient (Wildman–Crippen LogP) is 4.78. The average Bonchev–Trinajstić information content (AvgIpc) is 3.03. The highest BCUT2D eigenvalue weighted by atomic mass is 35.5. The zero-order valence-corrected chi connectivity index (χ0v) is 16.1. The van der Waals surface area contributed by atoms with Crippen LogP contribution in [-0.2, 0) is 4.79 Å². The molecule has 1 N–H and O–H groups in total. The zero-order valence-electron chi connectivity index (χ0n) is 15.4. The number of amides is 1. The van der Waals surface area contributed by atoms with Gasteiger partial charge in [-0.15, -0.1) is 0 Å². The standard InChI is InChI=1S/C20H20ClN3O4/c1-20-9-3-2-4-15(20)18(20)19(25)23-22-11-13-6-8-17(28-13)14-7-5-12(24(26)27)10-16(14)21/h5-8,10-11,15,18H,2-4,9H2,1H3,(H,23,25)/b22-11-/t15-,18+,20+/m1/s1. The van der Waals surface area contributed by atoms with Crippen LogP contribution in [0, 0.1) is 27.4 Å². The molecule has 8 heteroatoms. The van der Waals surface area contributed by atoms with E-state index >= 15 is 0 Å². The minimum Gasteiger partial charge on any atom is -0.455 e. The van der Waals surface area contributed by atoms with Crippen LogP contribution in [0.4, 0.5) is 5.69 Å². The molecule has 1 aromatic carbocycles. The molecule has 2 aliphatic rings. The van der Waals surface area contributed by atoms with Gasteiger partial charge in [-0.2, -0.15) is 5.10 Å². The van der Waals surface area contributed by atoms with Crippen LogP contribution in [0.2, 0.25) is 5.02 Å². The van der Waals surface area contributed by atoms with Crippen molar-refractivity contribution in [2.75, 3.05) is 0 Å². The Labute approximate surface area is 166 Å². The van der Waals surface area contributed by atoms with E-state index < -0.39 is 4.92 Å². The van der Waals surface area contributed by atoms with Crippen LogP contribution in [0.25, 0.3) is 11.3 Å². The number of halogens is 1. The third-order valence-corrected chi connectivity index (χ3v) is 6.35. The van der Waals surface area contributed by atoms with Gasteiger partial charge in [-0.3, -0.25) is 14.9 Å². The molecule has 0 spiro atoms. The number of nitro groups is 1.